The van der Waals surface area contributed by atoms with E-state index in [1.807, 2.05) is 48.5 Å². The lowest BCUT2D eigenvalue weighted by Gasteiger charge is -2.28. The first kappa shape index (κ1) is 16.0. The number of ether oxygens (including phenoxy) is 1. The summed E-state index contributed by atoms with van der Waals surface area (Å²) >= 11 is 0. The lowest BCUT2D eigenvalue weighted by Crippen LogP contribution is -2.40. The Bertz CT molecular complexity index is 1170. The van der Waals surface area contributed by atoms with Gasteiger partial charge in [0.2, 0.25) is 0 Å². The third-order valence-corrected chi connectivity index (χ3v) is 4.84. The predicted octanol–water partition coefficient (Wildman–Crippen LogP) is 2.32. The monoisotopic (exact) mass is 361 g/mol. The van der Waals surface area contributed by atoms with Crippen LogP contribution >= 0.6 is 0 Å². The number of rotatable bonds is 3. The van der Waals surface area contributed by atoms with Gasteiger partial charge in [-0.2, -0.15) is 0 Å². The number of nitrogens with zero attached hydrogens (tertiary/aromatic N) is 4. The molecule has 0 amide bonds. The molecule has 0 atom stereocenters. The van der Waals surface area contributed by atoms with E-state index < -0.39 is 0 Å². The first-order valence-corrected chi connectivity index (χ1v) is 8.98. The van der Waals surface area contributed by atoms with Crippen LogP contribution in [0.4, 0.5) is 5.69 Å². The van der Waals surface area contributed by atoms with Gasteiger partial charge in [0.1, 0.15) is 6.33 Å². The van der Waals surface area contributed by atoms with Crippen molar-refractivity contribution in [2.24, 2.45) is 0 Å². The van der Waals surface area contributed by atoms with Crippen LogP contribution in [0.5, 0.6) is 0 Å². The highest BCUT2D eigenvalue weighted by molar-refractivity contribution is 5.91. The fourth-order valence-electron chi connectivity index (χ4n) is 3.53. The van der Waals surface area contributed by atoms with Crippen molar-refractivity contribution in [2.75, 3.05) is 31.7 Å². The van der Waals surface area contributed by atoms with E-state index in [0.29, 0.717) is 13.2 Å². The maximum Gasteiger partial charge on any atom is 0.272 e. The van der Waals surface area contributed by atoms with Gasteiger partial charge in [0.15, 0.2) is 0 Å². The van der Waals surface area contributed by atoms with Crippen LogP contribution in [0.1, 0.15) is 0 Å². The number of imidazole rings is 1. The van der Waals surface area contributed by atoms with Crippen LogP contribution in [0.2, 0.25) is 0 Å². The molecule has 4 aromatic rings. The number of aromatic nitrogens is 3. The molecule has 0 spiro atoms. The van der Waals surface area contributed by atoms with Gasteiger partial charge in [-0.05, 0) is 18.2 Å². The summed E-state index contributed by atoms with van der Waals surface area (Å²) in [5.74, 6) is 0. The molecule has 7 nitrogen and oxygen atoms in total. The van der Waals surface area contributed by atoms with Gasteiger partial charge in [-0.15, -0.1) is 0 Å². The number of nitrogens with one attached hydrogen (secondary N) is 1. The normalized spacial score (nSPS) is 15.4. The number of pyridine rings is 1. The van der Waals surface area contributed by atoms with E-state index in [-0.39, 0.29) is 5.56 Å². The van der Waals surface area contributed by atoms with Gasteiger partial charge in [0.05, 0.1) is 35.5 Å². The highest BCUT2D eigenvalue weighted by Gasteiger charge is 2.15. The molecule has 1 aliphatic rings. The molecule has 1 fully saturated rings. The lowest BCUT2D eigenvalue weighted by atomic mass is 10.2. The topological polar surface area (TPSA) is 64.3 Å². The van der Waals surface area contributed by atoms with Crippen molar-refractivity contribution < 1.29 is 4.74 Å². The second-order valence-corrected chi connectivity index (χ2v) is 6.51. The number of benzene rings is 2. The third kappa shape index (κ3) is 2.77. The van der Waals surface area contributed by atoms with E-state index in [4.69, 9.17) is 4.74 Å². The zero-order valence-electron chi connectivity index (χ0n) is 14.7. The number of fused-ring (bicyclic) bond motifs is 2. The van der Waals surface area contributed by atoms with Crippen molar-refractivity contribution in [1.29, 1.82) is 0 Å². The van der Waals surface area contributed by atoms with Gasteiger partial charge >= 0.3 is 0 Å². The van der Waals surface area contributed by atoms with E-state index >= 15 is 0 Å². The van der Waals surface area contributed by atoms with E-state index in [1.54, 1.807) is 21.7 Å². The Morgan fingerprint density at radius 1 is 0.963 bits per heavy atom. The molecule has 0 saturated carbocycles. The minimum atomic E-state index is -0.118. The van der Waals surface area contributed by atoms with Gasteiger partial charge in [-0.1, -0.05) is 30.3 Å². The Morgan fingerprint density at radius 2 is 1.70 bits per heavy atom. The standard InChI is InChI=1S/C20H19N5O2/c26-20-13-17(22-23-9-11-27-12-10-23)15-5-1-3-7-18(15)25(20)24-14-21-16-6-2-4-8-19(16)24/h1-8,13-14,22H,9-12H2. The molecule has 1 N–H and O–H groups in total. The molecule has 0 aliphatic carbocycles. The highest BCUT2D eigenvalue weighted by Crippen LogP contribution is 2.23. The summed E-state index contributed by atoms with van der Waals surface area (Å²) < 4.78 is 8.87. The molecule has 2 aromatic heterocycles. The molecular weight excluding hydrogens is 342 g/mol. The van der Waals surface area contributed by atoms with Crippen molar-refractivity contribution in [3.63, 3.8) is 0 Å². The molecular formula is C20H19N5O2. The van der Waals surface area contributed by atoms with Crippen LogP contribution in [0, 0.1) is 0 Å². The lowest BCUT2D eigenvalue weighted by molar-refractivity contribution is 0.0497. The first-order chi connectivity index (χ1) is 13.3. The zero-order valence-corrected chi connectivity index (χ0v) is 14.7. The maximum absolute atomic E-state index is 13.1. The van der Waals surface area contributed by atoms with Crippen molar-refractivity contribution in [3.05, 3.63) is 71.3 Å². The summed E-state index contributed by atoms with van der Waals surface area (Å²) in [5.41, 5.74) is 6.64. The van der Waals surface area contributed by atoms with E-state index in [0.717, 1.165) is 40.7 Å². The summed E-state index contributed by atoms with van der Waals surface area (Å²) in [5, 5.41) is 3.06. The van der Waals surface area contributed by atoms with E-state index in [1.165, 1.54) is 0 Å². The Labute approximate surface area is 155 Å². The van der Waals surface area contributed by atoms with Crippen LogP contribution in [-0.4, -0.2) is 45.6 Å². The average Bonchev–Trinajstić information content (AvgIpc) is 3.13. The van der Waals surface area contributed by atoms with Gasteiger partial charge in [-0.3, -0.25) is 4.79 Å². The number of hydrogen-bond acceptors (Lipinski definition) is 5. The van der Waals surface area contributed by atoms with Crippen LogP contribution in [0.3, 0.4) is 0 Å². The summed E-state index contributed by atoms with van der Waals surface area (Å²) in [6.07, 6.45) is 1.69. The molecule has 27 heavy (non-hydrogen) atoms. The molecule has 0 unspecified atom stereocenters. The fourth-order valence-corrected chi connectivity index (χ4v) is 3.53. The second-order valence-electron chi connectivity index (χ2n) is 6.51. The molecule has 5 rings (SSSR count). The van der Waals surface area contributed by atoms with Gasteiger partial charge in [0.25, 0.3) is 5.56 Å². The van der Waals surface area contributed by atoms with Gasteiger partial charge in [-0.25, -0.2) is 19.3 Å². The third-order valence-electron chi connectivity index (χ3n) is 4.84. The summed E-state index contributed by atoms with van der Waals surface area (Å²) in [4.78, 5) is 17.5. The van der Waals surface area contributed by atoms with Crippen LogP contribution in [0.25, 0.3) is 21.9 Å². The number of para-hydroxylation sites is 3. The number of anilines is 1. The fraction of sp³-hybridized carbons (Fsp3) is 0.200. The maximum atomic E-state index is 13.1. The molecule has 0 bridgehead atoms. The SMILES string of the molecule is O=c1cc(NN2CCOCC2)c2ccccc2n1-n1cnc2ccccc21. The zero-order chi connectivity index (χ0) is 18.2. The van der Waals surface area contributed by atoms with Crippen molar-refractivity contribution >= 4 is 27.6 Å². The molecule has 7 heteroatoms. The molecule has 1 saturated heterocycles. The minimum absolute atomic E-state index is 0.118. The minimum Gasteiger partial charge on any atom is -0.379 e. The molecule has 2 aromatic carbocycles. The number of morpholine rings is 1. The quantitative estimate of drug-likeness (QED) is 0.607. The van der Waals surface area contributed by atoms with E-state index in [9.17, 15) is 4.79 Å². The van der Waals surface area contributed by atoms with Crippen molar-refractivity contribution in [1.82, 2.24) is 19.3 Å². The van der Waals surface area contributed by atoms with Gasteiger partial charge < -0.3 is 10.2 Å². The number of hydrazine groups is 1. The summed E-state index contributed by atoms with van der Waals surface area (Å²) in [7, 11) is 0. The molecule has 136 valence electrons. The van der Waals surface area contributed by atoms with Crippen LogP contribution in [-0.2, 0) is 4.74 Å². The second kappa shape index (κ2) is 6.53. The largest absolute Gasteiger partial charge is 0.379 e. The Morgan fingerprint density at radius 3 is 2.56 bits per heavy atom. The smallest absolute Gasteiger partial charge is 0.272 e. The van der Waals surface area contributed by atoms with E-state index in [2.05, 4.69) is 15.4 Å². The molecule has 1 aliphatic heterocycles. The van der Waals surface area contributed by atoms with Crippen molar-refractivity contribution in [2.45, 2.75) is 0 Å². The van der Waals surface area contributed by atoms with Crippen LogP contribution < -0.4 is 11.0 Å². The highest BCUT2D eigenvalue weighted by atomic mass is 16.5. The van der Waals surface area contributed by atoms with Crippen molar-refractivity contribution in [3.8, 4) is 0 Å². The van der Waals surface area contributed by atoms with Crippen LogP contribution in [0.15, 0.2) is 65.7 Å². The predicted molar refractivity (Wildman–Crippen MR) is 105 cm³/mol. The Balaban J connectivity index is 1.69. The number of hydrogen-bond donors (Lipinski definition) is 1. The Kier molecular flexibility index (Phi) is 3.88. The molecule has 3 heterocycles. The molecule has 0 radical (unpaired) electrons. The summed E-state index contributed by atoms with van der Waals surface area (Å²) in [6.45, 7) is 2.93. The Hall–Kier alpha value is -3.16. The first-order valence-electron chi connectivity index (χ1n) is 8.98. The van der Waals surface area contributed by atoms with Gasteiger partial charge in [0, 0.05) is 24.5 Å². The average molecular weight is 361 g/mol. The summed E-state index contributed by atoms with van der Waals surface area (Å²) in [6, 6.07) is 17.3.